The van der Waals surface area contributed by atoms with Gasteiger partial charge in [-0.1, -0.05) is 24.3 Å². The van der Waals surface area contributed by atoms with E-state index in [0.717, 1.165) is 38.6 Å². The molecule has 2 rings (SSSR count). The van der Waals surface area contributed by atoms with E-state index in [0.29, 0.717) is 0 Å². The fourth-order valence-corrected chi connectivity index (χ4v) is 3.26. The summed E-state index contributed by atoms with van der Waals surface area (Å²) in [7, 11) is 1.82. The van der Waals surface area contributed by atoms with E-state index in [9.17, 15) is 0 Å². The number of hydrogen-bond donors (Lipinski definition) is 2. The minimum atomic E-state index is -0.00660. The summed E-state index contributed by atoms with van der Waals surface area (Å²) in [6.07, 6.45) is 2.08. The van der Waals surface area contributed by atoms with Gasteiger partial charge in [-0.25, -0.2) is 0 Å². The molecule has 1 saturated heterocycles. The Labute approximate surface area is 140 Å². The van der Waals surface area contributed by atoms with Gasteiger partial charge in [-0.2, -0.15) is 0 Å². The Hall–Kier alpha value is -1.55. The second-order valence-electron chi connectivity index (χ2n) is 7.51. The third-order valence-corrected chi connectivity index (χ3v) is 4.48. The second-order valence-corrected chi connectivity index (χ2v) is 7.51. The first-order chi connectivity index (χ1) is 10.9. The zero-order chi connectivity index (χ0) is 16.9. The van der Waals surface area contributed by atoms with Crippen molar-refractivity contribution in [3.05, 3.63) is 35.4 Å². The van der Waals surface area contributed by atoms with E-state index in [1.807, 2.05) is 7.05 Å². The average Bonchev–Trinajstić information content (AvgIpc) is 2.51. The van der Waals surface area contributed by atoms with E-state index in [1.54, 1.807) is 0 Å². The summed E-state index contributed by atoms with van der Waals surface area (Å²) in [4.78, 5) is 4.37. The summed E-state index contributed by atoms with van der Waals surface area (Å²) in [6, 6.07) is 8.72. The third-order valence-electron chi connectivity index (χ3n) is 4.48. The molecule has 0 spiro atoms. The number of nitrogens with one attached hydrogen (secondary N) is 2. The van der Waals surface area contributed by atoms with Crippen molar-refractivity contribution < 1.29 is 4.74 Å². The molecule has 1 aromatic rings. The van der Waals surface area contributed by atoms with Crippen LogP contribution in [0, 0.1) is 6.92 Å². The van der Waals surface area contributed by atoms with Crippen molar-refractivity contribution in [1.82, 2.24) is 10.6 Å². The van der Waals surface area contributed by atoms with Gasteiger partial charge in [-0.3, -0.25) is 4.99 Å². The van der Waals surface area contributed by atoms with Crippen LogP contribution in [0.1, 0.15) is 44.7 Å². The highest BCUT2D eigenvalue weighted by Gasteiger charge is 2.35. The monoisotopic (exact) mass is 317 g/mol. The summed E-state index contributed by atoms with van der Waals surface area (Å²) in [5.41, 5.74) is 2.89. The van der Waals surface area contributed by atoms with Crippen molar-refractivity contribution in [3.8, 4) is 0 Å². The van der Waals surface area contributed by atoms with Gasteiger partial charge in [0.1, 0.15) is 0 Å². The van der Waals surface area contributed by atoms with Crippen LogP contribution in [0.5, 0.6) is 0 Å². The predicted molar refractivity (Wildman–Crippen MR) is 97.2 cm³/mol. The van der Waals surface area contributed by atoms with Gasteiger partial charge in [0.2, 0.25) is 0 Å². The fourth-order valence-electron chi connectivity index (χ4n) is 3.26. The summed E-state index contributed by atoms with van der Waals surface area (Å²) in [5, 5.41) is 6.98. The minimum absolute atomic E-state index is 0.00660. The molecule has 0 saturated carbocycles. The lowest BCUT2D eigenvalue weighted by atomic mass is 9.72. The Kier molecular flexibility index (Phi) is 5.69. The maximum atomic E-state index is 5.63. The molecule has 0 atom stereocenters. The van der Waals surface area contributed by atoms with E-state index < -0.39 is 0 Å². The molecule has 1 heterocycles. The molecular weight excluding hydrogens is 286 g/mol. The predicted octanol–water partition coefficient (Wildman–Crippen LogP) is 3.01. The standard InChI is InChI=1S/C19H31N3O/c1-15-8-6-7-9-16(15)19(10-12-23-13-11-19)14-21-17(20-5)22-18(2,3)4/h6-9H,10-14H2,1-5H3,(H2,20,21,22). The van der Waals surface area contributed by atoms with E-state index in [2.05, 4.69) is 67.6 Å². The van der Waals surface area contributed by atoms with Crippen LogP contribution in [0.15, 0.2) is 29.3 Å². The van der Waals surface area contributed by atoms with Crippen molar-refractivity contribution >= 4 is 5.96 Å². The smallest absolute Gasteiger partial charge is 0.191 e. The topological polar surface area (TPSA) is 45.7 Å². The first-order valence-corrected chi connectivity index (χ1v) is 8.49. The number of rotatable bonds is 3. The molecule has 0 unspecified atom stereocenters. The fraction of sp³-hybridized carbons (Fsp3) is 0.632. The van der Waals surface area contributed by atoms with Gasteiger partial charge in [0.15, 0.2) is 5.96 Å². The van der Waals surface area contributed by atoms with Crippen LogP contribution in [0.4, 0.5) is 0 Å². The molecule has 0 radical (unpaired) electrons. The summed E-state index contributed by atoms with van der Waals surface area (Å²) >= 11 is 0. The number of guanidine groups is 1. The molecule has 4 nitrogen and oxygen atoms in total. The maximum Gasteiger partial charge on any atom is 0.191 e. The van der Waals surface area contributed by atoms with Crippen LogP contribution in [0.25, 0.3) is 0 Å². The second kappa shape index (κ2) is 7.35. The quantitative estimate of drug-likeness (QED) is 0.665. The number of benzene rings is 1. The largest absolute Gasteiger partial charge is 0.381 e. The van der Waals surface area contributed by atoms with Gasteiger partial charge in [0, 0.05) is 37.8 Å². The van der Waals surface area contributed by atoms with Gasteiger partial charge >= 0.3 is 0 Å². The zero-order valence-corrected chi connectivity index (χ0v) is 15.2. The molecule has 0 aromatic heterocycles. The Morgan fingerprint density at radius 2 is 1.87 bits per heavy atom. The van der Waals surface area contributed by atoms with Gasteiger partial charge in [-0.05, 0) is 51.7 Å². The lowest BCUT2D eigenvalue weighted by molar-refractivity contribution is 0.0511. The molecule has 0 amide bonds. The molecule has 1 aliphatic heterocycles. The Morgan fingerprint density at radius 1 is 1.22 bits per heavy atom. The lowest BCUT2D eigenvalue weighted by Crippen LogP contribution is -2.52. The van der Waals surface area contributed by atoms with Gasteiger partial charge < -0.3 is 15.4 Å². The van der Waals surface area contributed by atoms with E-state index >= 15 is 0 Å². The van der Waals surface area contributed by atoms with Gasteiger partial charge in [0.05, 0.1) is 0 Å². The zero-order valence-electron chi connectivity index (χ0n) is 15.2. The molecule has 1 aliphatic rings. The molecular formula is C19H31N3O. The van der Waals surface area contributed by atoms with Crippen LogP contribution in [0.2, 0.25) is 0 Å². The normalized spacial score (nSPS) is 18.6. The van der Waals surface area contributed by atoms with Crippen LogP contribution in [0.3, 0.4) is 0 Å². The number of ether oxygens (including phenoxy) is 1. The Bertz CT molecular complexity index is 540. The van der Waals surface area contributed by atoms with Crippen molar-refractivity contribution in [3.63, 3.8) is 0 Å². The van der Waals surface area contributed by atoms with E-state index in [-0.39, 0.29) is 11.0 Å². The minimum Gasteiger partial charge on any atom is -0.381 e. The van der Waals surface area contributed by atoms with E-state index in [1.165, 1.54) is 11.1 Å². The summed E-state index contributed by atoms with van der Waals surface area (Å²) in [6.45, 7) is 11.1. The van der Waals surface area contributed by atoms with E-state index in [4.69, 9.17) is 4.74 Å². The molecule has 1 fully saturated rings. The highest BCUT2D eigenvalue weighted by molar-refractivity contribution is 5.80. The third kappa shape index (κ3) is 4.71. The van der Waals surface area contributed by atoms with Crippen molar-refractivity contribution in [2.45, 2.75) is 51.5 Å². The van der Waals surface area contributed by atoms with Crippen molar-refractivity contribution in [1.29, 1.82) is 0 Å². The molecule has 2 N–H and O–H groups in total. The van der Waals surface area contributed by atoms with Crippen LogP contribution in [-0.4, -0.2) is 38.3 Å². The SMILES string of the molecule is CN=C(NCC1(c2ccccc2C)CCOCC1)NC(C)(C)C. The summed E-state index contributed by atoms with van der Waals surface area (Å²) in [5.74, 6) is 0.858. The lowest BCUT2D eigenvalue weighted by Gasteiger charge is -2.39. The molecule has 128 valence electrons. The average molecular weight is 317 g/mol. The van der Waals surface area contributed by atoms with Crippen LogP contribution < -0.4 is 10.6 Å². The molecule has 23 heavy (non-hydrogen) atoms. The van der Waals surface area contributed by atoms with Gasteiger partial charge in [0.25, 0.3) is 0 Å². The highest BCUT2D eigenvalue weighted by atomic mass is 16.5. The first kappa shape index (κ1) is 17.8. The number of nitrogens with zero attached hydrogens (tertiary/aromatic N) is 1. The van der Waals surface area contributed by atoms with Crippen LogP contribution >= 0.6 is 0 Å². The van der Waals surface area contributed by atoms with Crippen molar-refractivity contribution in [2.75, 3.05) is 26.8 Å². The number of aryl methyl sites for hydroxylation is 1. The molecule has 0 bridgehead atoms. The Morgan fingerprint density at radius 3 is 2.43 bits per heavy atom. The highest BCUT2D eigenvalue weighted by Crippen LogP contribution is 2.36. The molecule has 4 heteroatoms. The van der Waals surface area contributed by atoms with Crippen LogP contribution in [-0.2, 0) is 10.2 Å². The molecule has 1 aromatic carbocycles. The maximum absolute atomic E-state index is 5.63. The van der Waals surface area contributed by atoms with Crippen molar-refractivity contribution in [2.24, 2.45) is 4.99 Å². The first-order valence-electron chi connectivity index (χ1n) is 8.49. The Balaban J connectivity index is 2.18. The number of hydrogen-bond acceptors (Lipinski definition) is 2. The summed E-state index contributed by atoms with van der Waals surface area (Å²) < 4.78 is 5.63. The van der Waals surface area contributed by atoms with Gasteiger partial charge in [-0.15, -0.1) is 0 Å². The number of aliphatic imine (C=N–C) groups is 1. The molecule has 0 aliphatic carbocycles.